The molecule has 108 valence electrons. The van der Waals surface area contributed by atoms with Crippen LogP contribution in [-0.2, 0) is 0 Å². The Balaban J connectivity index is 1.79. The van der Waals surface area contributed by atoms with Gasteiger partial charge in [-0.2, -0.15) is 0 Å². The Kier molecular flexibility index (Phi) is 2.26. The van der Waals surface area contributed by atoms with Crippen molar-refractivity contribution in [3.8, 4) is 0 Å². The van der Waals surface area contributed by atoms with E-state index < -0.39 is 0 Å². The summed E-state index contributed by atoms with van der Waals surface area (Å²) in [5.74, 6) is 2.28. The molecule has 2 aromatic rings. The van der Waals surface area contributed by atoms with Gasteiger partial charge in [0.2, 0.25) is 11.8 Å². The van der Waals surface area contributed by atoms with Crippen molar-refractivity contribution in [1.29, 1.82) is 0 Å². The van der Waals surface area contributed by atoms with Crippen molar-refractivity contribution in [2.75, 3.05) is 0 Å². The Morgan fingerprint density at radius 3 is 1.52 bits per heavy atom. The van der Waals surface area contributed by atoms with Crippen molar-refractivity contribution in [2.24, 2.45) is 27.5 Å². The number of rotatable bonds is 2. The molecule has 4 rings (SSSR count). The minimum atomic E-state index is -0.00108. The molecule has 8 heteroatoms. The number of aryl methyl sites for hydroxylation is 2. The van der Waals surface area contributed by atoms with E-state index in [0.717, 1.165) is 11.4 Å². The maximum Gasteiger partial charge on any atom is 0.264 e. The zero-order valence-electron chi connectivity index (χ0n) is 12.2. The minimum absolute atomic E-state index is 0.00108. The second kappa shape index (κ2) is 3.84. The fourth-order valence-electron chi connectivity index (χ4n) is 3.04. The summed E-state index contributed by atoms with van der Waals surface area (Å²) in [6.07, 6.45) is 0. The lowest BCUT2D eigenvalue weighted by Gasteiger charge is -2.05. The average Bonchev–Trinajstić information content (AvgIpc) is 2.84. The van der Waals surface area contributed by atoms with Crippen LogP contribution in [0, 0.1) is 31.1 Å². The van der Waals surface area contributed by atoms with Gasteiger partial charge in [0.15, 0.2) is 0 Å². The molecule has 0 saturated heterocycles. The lowest BCUT2D eigenvalue weighted by Crippen LogP contribution is -2.16. The van der Waals surface area contributed by atoms with Crippen LogP contribution in [0.1, 0.15) is 37.4 Å². The SMILES string of the molecule is Cc1nnc(C2=NN=C(c3nnc(C)o3)[C@H]3[C@@H]2C3(C)C)o1. The van der Waals surface area contributed by atoms with Crippen molar-refractivity contribution in [1.82, 2.24) is 20.4 Å². The van der Waals surface area contributed by atoms with Crippen LogP contribution in [-0.4, -0.2) is 31.8 Å². The lowest BCUT2D eigenvalue weighted by molar-refractivity contribution is 0.503. The van der Waals surface area contributed by atoms with Crippen LogP contribution in [0.5, 0.6) is 0 Å². The van der Waals surface area contributed by atoms with Crippen LogP contribution in [0.25, 0.3) is 0 Å². The molecule has 1 aliphatic carbocycles. The average molecular weight is 286 g/mol. The van der Waals surface area contributed by atoms with Crippen LogP contribution in [0.3, 0.4) is 0 Å². The van der Waals surface area contributed by atoms with Gasteiger partial charge in [0.1, 0.15) is 11.4 Å². The van der Waals surface area contributed by atoms with E-state index >= 15 is 0 Å². The smallest absolute Gasteiger partial charge is 0.264 e. The monoisotopic (exact) mass is 286 g/mol. The molecule has 1 fully saturated rings. The molecule has 21 heavy (non-hydrogen) atoms. The second-order valence-electron chi connectivity index (χ2n) is 6.00. The summed E-state index contributed by atoms with van der Waals surface area (Å²) >= 11 is 0. The van der Waals surface area contributed by atoms with Crippen molar-refractivity contribution >= 4 is 11.4 Å². The van der Waals surface area contributed by atoms with Crippen molar-refractivity contribution in [3.63, 3.8) is 0 Å². The highest BCUT2D eigenvalue weighted by Crippen LogP contribution is 2.62. The topological polar surface area (TPSA) is 103 Å². The van der Waals surface area contributed by atoms with E-state index in [1.54, 1.807) is 13.8 Å². The van der Waals surface area contributed by atoms with Crippen LogP contribution in [0.4, 0.5) is 0 Å². The maximum absolute atomic E-state index is 5.48. The van der Waals surface area contributed by atoms with Crippen molar-refractivity contribution in [2.45, 2.75) is 27.7 Å². The van der Waals surface area contributed by atoms with E-state index in [1.807, 2.05) is 0 Å². The number of nitrogens with zero attached hydrogens (tertiary/aromatic N) is 6. The minimum Gasteiger partial charge on any atom is -0.420 e. The normalized spacial score (nSPS) is 26.1. The summed E-state index contributed by atoms with van der Waals surface area (Å²) in [5.41, 5.74) is 1.48. The lowest BCUT2D eigenvalue weighted by atomic mass is 10.1. The quantitative estimate of drug-likeness (QED) is 0.829. The zero-order chi connectivity index (χ0) is 14.8. The molecule has 3 heterocycles. The van der Waals surface area contributed by atoms with Gasteiger partial charge in [-0.05, 0) is 5.41 Å². The molecule has 2 aromatic heterocycles. The molecule has 2 aliphatic rings. The third-order valence-electron chi connectivity index (χ3n) is 4.17. The highest BCUT2D eigenvalue weighted by atomic mass is 16.4. The van der Waals surface area contributed by atoms with Gasteiger partial charge in [-0.15, -0.1) is 30.6 Å². The highest BCUT2D eigenvalue weighted by molar-refractivity contribution is 6.12. The molecule has 1 aliphatic heterocycles. The zero-order valence-corrected chi connectivity index (χ0v) is 12.2. The van der Waals surface area contributed by atoms with Gasteiger partial charge in [0.25, 0.3) is 11.8 Å². The standard InChI is InChI=1S/C13H14N6O2/c1-5-14-18-11(20-5)9-7-8(13(7,3)4)10(17-16-9)12-19-15-6(2)21-12/h7-8H,1-4H3/t7-,8+. The Bertz CT molecular complexity index is 720. The van der Waals surface area contributed by atoms with Gasteiger partial charge in [0.05, 0.1) is 0 Å². The molecular formula is C13H14N6O2. The van der Waals surface area contributed by atoms with Gasteiger partial charge in [0, 0.05) is 25.7 Å². The fourth-order valence-corrected chi connectivity index (χ4v) is 3.04. The second-order valence-corrected chi connectivity index (χ2v) is 6.00. The van der Waals surface area contributed by atoms with E-state index in [0.29, 0.717) is 23.6 Å². The van der Waals surface area contributed by atoms with Gasteiger partial charge < -0.3 is 8.83 Å². The largest absolute Gasteiger partial charge is 0.420 e. The molecule has 0 unspecified atom stereocenters. The van der Waals surface area contributed by atoms with Gasteiger partial charge in [-0.25, -0.2) is 0 Å². The molecule has 0 aromatic carbocycles. The molecular weight excluding hydrogens is 272 g/mol. The van der Waals surface area contributed by atoms with Crippen LogP contribution >= 0.6 is 0 Å². The summed E-state index contributed by atoms with van der Waals surface area (Å²) < 4.78 is 11.0. The molecule has 0 radical (unpaired) electrons. The Labute approximate surface area is 120 Å². The van der Waals surface area contributed by atoms with E-state index in [9.17, 15) is 0 Å². The molecule has 8 nitrogen and oxygen atoms in total. The number of hydrogen-bond donors (Lipinski definition) is 0. The van der Waals surface area contributed by atoms with Crippen molar-refractivity contribution < 1.29 is 8.83 Å². The molecule has 0 N–H and O–H groups in total. The van der Waals surface area contributed by atoms with Gasteiger partial charge >= 0.3 is 0 Å². The Hall–Kier alpha value is -2.38. The van der Waals surface area contributed by atoms with Crippen molar-refractivity contribution in [3.05, 3.63) is 23.6 Å². The Morgan fingerprint density at radius 1 is 0.762 bits per heavy atom. The summed E-state index contributed by atoms with van der Waals surface area (Å²) in [5, 5.41) is 24.4. The maximum atomic E-state index is 5.48. The van der Waals surface area contributed by atoms with E-state index in [2.05, 4.69) is 44.4 Å². The predicted octanol–water partition coefficient (Wildman–Crippen LogP) is 1.55. The highest BCUT2D eigenvalue weighted by Gasteiger charge is 2.66. The van der Waals surface area contributed by atoms with Crippen LogP contribution in [0.2, 0.25) is 0 Å². The van der Waals surface area contributed by atoms with Crippen LogP contribution < -0.4 is 0 Å². The first-order valence-corrected chi connectivity index (χ1v) is 6.75. The first-order valence-electron chi connectivity index (χ1n) is 6.75. The third kappa shape index (κ3) is 1.68. The summed E-state index contributed by atoms with van der Waals surface area (Å²) in [7, 11) is 0. The number of hydrogen-bond acceptors (Lipinski definition) is 8. The van der Waals surface area contributed by atoms with E-state index in [-0.39, 0.29) is 17.3 Å². The van der Waals surface area contributed by atoms with E-state index in [1.165, 1.54) is 0 Å². The van der Waals surface area contributed by atoms with Crippen LogP contribution in [0.15, 0.2) is 19.0 Å². The van der Waals surface area contributed by atoms with Gasteiger partial charge in [-0.3, -0.25) is 0 Å². The van der Waals surface area contributed by atoms with Gasteiger partial charge in [-0.1, -0.05) is 13.8 Å². The van der Waals surface area contributed by atoms with E-state index in [4.69, 9.17) is 8.83 Å². The molecule has 0 spiro atoms. The fraction of sp³-hybridized carbons (Fsp3) is 0.538. The Morgan fingerprint density at radius 2 is 1.19 bits per heavy atom. The first kappa shape index (κ1) is 12.4. The summed E-state index contributed by atoms with van der Waals surface area (Å²) in [6, 6.07) is 0. The first-order chi connectivity index (χ1) is 9.98. The molecule has 2 atom stereocenters. The number of fused-ring (bicyclic) bond motifs is 1. The molecule has 1 saturated carbocycles. The predicted molar refractivity (Wildman–Crippen MR) is 71.9 cm³/mol. The number of aromatic nitrogens is 4. The summed E-state index contributed by atoms with van der Waals surface area (Å²) in [6.45, 7) is 7.83. The molecule has 0 bridgehead atoms. The third-order valence-corrected chi connectivity index (χ3v) is 4.17. The summed E-state index contributed by atoms with van der Waals surface area (Å²) in [4.78, 5) is 0. The molecule has 0 amide bonds.